The standard InChI is InChI=1S/C10H11IN4O2/c1-5(2)15-4-12-3-6(15)8-13-9(16)7(11)10(17)14-8/h3-5H,1-2H3,(H2,13,14,16,17). The lowest BCUT2D eigenvalue weighted by atomic mass is 10.3. The van der Waals surface area contributed by atoms with Crippen molar-refractivity contribution in [1.29, 1.82) is 0 Å². The minimum Gasteiger partial charge on any atom is -0.492 e. The molecule has 2 aromatic heterocycles. The van der Waals surface area contributed by atoms with Crippen molar-refractivity contribution < 1.29 is 5.11 Å². The van der Waals surface area contributed by atoms with Crippen LogP contribution in [0.5, 0.6) is 5.88 Å². The van der Waals surface area contributed by atoms with Crippen LogP contribution in [-0.2, 0) is 0 Å². The first-order chi connectivity index (χ1) is 8.00. The second kappa shape index (κ2) is 4.47. The molecule has 0 bridgehead atoms. The van der Waals surface area contributed by atoms with Gasteiger partial charge in [0.15, 0.2) is 5.82 Å². The summed E-state index contributed by atoms with van der Waals surface area (Å²) in [6.07, 6.45) is 3.26. The maximum Gasteiger partial charge on any atom is 0.268 e. The van der Waals surface area contributed by atoms with E-state index in [4.69, 9.17) is 0 Å². The van der Waals surface area contributed by atoms with Crippen molar-refractivity contribution in [3.8, 4) is 17.4 Å². The summed E-state index contributed by atoms with van der Waals surface area (Å²) in [4.78, 5) is 22.1. The Balaban J connectivity index is 2.61. The first-order valence-electron chi connectivity index (χ1n) is 5.01. The maximum absolute atomic E-state index is 11.5. The molecule has 0 aliphatic heterocycles. The average Bonchev–Trinajstić information content (AvgIpc) is 2.74. The number of aromatic hydroxyl groups is 1. The molecule has 0 spiro atoms. The Morgan fingerprint density at radius 3 is 2.82 bits per heavy atom. The second-order valence-electron chi connectivity index (χ2n) is 3.83. The number of nitrogens with one attached hydrogen (secondary N) is 1. The number of imidazole rings is 1. The zero-order valence-corrected chi connectivity index (χ0v) is 11.5. The van der Waals surface area contributed by atoms with Gasteiger partial charge in [-0.1, -0.05) is 0 Å². The average molecular weight is 346 g/mol. The molecule has 2 aromatic rings. The summed E-state index contributed by atoms with van der Waals surface area (Å²) in [6.45, 7) is 3.99. The molecule has 0 aliphatic carbocycles. The van der Waals surface area contributed by atoms with Crippen molar-refractivity contribution in [2.75, 3.05) is 0 Å². The molecular formula is C10H11IN4O2. The molecule has 2 N–H and O–H groups in total. The van der Waals surface area contributed by atoms with Gasteiger partial charge in [0.05, 0.1) is 12.5 Å². The SMILES string of the molecule is CC(C)n1cncc1-c1nc(O)c(I)c(=O)[nH]1. The van der Waals surface area contributed by atoms with E-state index in [1.165, 1.54) is 0 Å². The molecule has 0 saturated heterocycles. The van der Waals surface area contributed by atoms with Crippen molar-refractivity contribution in [2.45, 2.75) is 19.9 Å². The summed E-state index contributed by atoms with van der Waals surface area (Å²) in [5.74, 6) is 0.0555. The number of rotatable bonds is 2. The van der Waals surface area contributed by atoms with Gasteiger partial charge in [-0.25, -0.2) is 4.98 Å². The van der Waals surface area contributed by atoms with Crippen molar-refractivity contribution in [3.05, 3.63) is 26.4 Å². The van der Waals surface area contributed by atoms with Crippen molar-refractivity contribution >= 4 is 22.6 Å². The molecule has 7 heteroatoms. The lowest BCUT2D eigenvalue weighted by molar-refractivity contribution is 0.447. The summed E-state index contributed by atoms with van der Waals surface area (Å²) in [5, 5.41) is 9.54. The molecule has 0 atom stereocenters. The van der Waals surface area contributed by atoms with E-state index in [0.29, 0.717) is 11.5 Å². The highest BCUT2D eigenvalue weighted by atomic mass is 127. The highest BCUT2D eigenvalue weighted by Crippen LogP contribution is 2.20. The molecule has 17 heavy (non-hydrogen) atoms. The van der Waals surface area contributed by atoms with Gasteiger partial charge in [0, 0.05) is 6.04 Å². The lowest BCUT2D eigenvalue weighted by Gasteiger charge is -2.11. The third-order valence-corrected chi connectivity index (χ3v) is 3.28. The summed E-state index contributed by atoms with van der Waals surface area (Å²) in [6, 6.07) is 0.194. The van der Waals surface area contributed by atoms with Crippen LogP contribution >= 0.6 is 22.6 Å². The fourth-order valence-corrected chi connectivity index (χ4v) is 1.72. The van der Waals surface area contributed by atoms with E-state index in [-0.39, 0.29) is 21.1 Å². The van der Waals surface area contributed by atoms with Gasteiger partial charge in [-0.15, -0.1) is 0 Å². The van der Waals surface area contributed by atoms with Crippen molar-refractivity contribution in [2.24, 2.45) is 0 Å². The fourth-order valence-electron chi connectivity index (χ4n) is 1.47. The minimum absolute atomic E-state index is 0.182. The topological polar surface area (TPSA) is 83.8 Å². The van der Waals surface area contributed by atoms with Gasteiger partial charge >= 0.3 is 0 Å². The first kappa shape index (κ1) is 12.1. The van der Waals surface area contributed by atoms with E-state index in [1.54, 1.807) is 35.1 Å². The molecule has 2 rings (SSSR count). The van der Waals surface area contributed by atoms with Crippen molar-refractivity contribution in [1.82, 2.24) is 19.5 Å². The molecule has 0 unspecified atom stereocenters. The van der Waals surface area contributed by atoms with Gasteiger partial charge in [-0.2, -0.15) is 4.98 Å². The van der Waals surface area contributed by atoms with Gasteiger partial charge in [-0.05, 0) is 36.4 Å². The Kier molecular flexibility index (Phi) is 3.18. The Labute approximate surface area is 111 Å². The quantitative estimate of drug-likeness (QED) is 0.808. The highest BCUT2D eigenvalue weighted by molar-refractivity contribution is 14.1. The number of hydrogen-bond donors (Lipinski definition) is 2. The van der Waals surface area contributed by atoms with Gasteiger partial charge in [-0.3, -0.25) is 4.79 Å². The normalized spacial score (nSPS) is 11.1. The van der Waals surface area contributed by atoms with Gasteiger partial charge < -0.3 is 14.7 Å². The second-order valence-corrected chi connectivity index (χ2v) is 4.91. The molecule has 0 fully saturated rings. The monoisotopic (exact) mass is 346 g/mol. The molecule has 90 valence electrons. The number of halogens is 1. The summed E-state index contributed by atoms with van der Waals surface area (Å²) >= 11 is 1.75. The van der Waals surface area contributed by atoms with Gasteiger partial charge in [0.1, 0.15) is 9.26 Å². The van der Waals surface area contributed by atoms with Crippen LogP contribution in [0.3, 0.4) is 0 Å². The van der Waals surface area contributed by atoms with E-state index >= 15 is 0 Å². The molecule has 0 aromatic carbocycles. The molecule has 6 nitrogen and oxygen atoms in total. The molecule has 0 amide bonds. The summed E-state index contributed by atoms with van der Waals surface area (Å²) in [5.41, 5.74) is 0.313. The summed E-state index contributed by atoms with van der Waals surface area (Å²) < 4.78 is 2.05. The molecule has 2 heterocycles. The predicted octanol–water partition coefficient (Wildman–Crippen LogP) is 1.52. The van der Waals surface area contributed by atoms with E-state index in [2.05, 4.69) is 15.0 Å². The van der Waals surface area contributed by atoms with Crippen LogP contribution in [-0.4, -0.2) is 24.6 Å². The lowest BCUT2D eigenvalue weighted by Crippen LogP contribution is -2.14. The van der Waals surface area contributed by atoms with Crippen LogP contribution < -0.4 is 5.56 Å². The maximum atomic E-state index is 11.5. The minimum atomic E-state index is -0.357. The van der Waals surface area contributed by atoms with Gasteiger partial charge in [0.2, 0.25) is 5.88 Å². The highest BCUT2D eigenvalue weighted by Gasteiger charge is 2.13. The molecule has 0 aliphatic rings. The van der Waals surface area contributed by atoms with Crippen LogP contribution in [0, 0.1) is 3.57 Å². The largest absolute Gasteiger partial charge is 0.492 e. The third-order valence-electron chi connectivity index (χ3n) is 2.31. The van der Waals surface area contributed by atoms with Crippen LogP contribution in [0.1, 0.15) is 19.9 Å². The van der Waals surface area contributed by atoms with E-state index in [1.807, 2.05) is 18.4 Å². The van der Waals surface area contributed by atoms with E-state index in [9.17, 15) is 9.90 Å². The Bertz CT molecular complexity index is 603. The van der Waals surface area contributed by atoms with E-state index in [0.717, 1.165) is 0 Å². The zero-order valence-electron chi connectivity index (χ0n) is 9.31. The fraction of sp³-hybridized carbons (Fsp3) is 0.300. The third kappa shape index (κ3) is 2.19. The number of hydrogen-bond acceptors (Lipinski definition) is 4. The molecule has 0 saturated carbocycles. The van der Waals surface area contributed by atoms with Crippen LogP contribution in [0.25, 0.3) is 11.5 Å². The first-order valence-corrected chi connectivity index (χ1v) is 6.09. The van der Waals surface area contributed by atoms with Crippen molar-refractivity contribution in [3.63, 3.8) is 0 Å². The Morgan fingerprint density at radius 1 is 1.53 bits per heavy atom. The van der Waals surface area contributed by atoms with E-state index < -0.39 is 0 Å². The van der Waals surface area contributed by atoms with Crippen LogP contribution in [0.2, 0.25) is 0 Å². The van der Waals surface area contributed by atoms with Crippen LogP contribution in [0.4, 0.5) is 0 Å². The zero-order chi connectivity index (χ0) is 12.6. The summed E-state index contributed by atoms with van der Waals surface area (Å²) in [7, 11) is 0. The smallest absolute Gasteiger partial charge is 0.268 e. The van der Waals surface area contributed by atoms with Crippen LogP contribution in [0.15, 0.2) is 17.3 Å². The number of aromatic amines is 1. The predicted molar refractivity (Wildman–Crippen MR) is 70.8 cm³/mol. The molecular weight excluding hydrogens is 335 g/mol. The number of nitrogens with zero attached hydrogens (tertiary/aromatic N) is 3. The Hall–Kier alpha value is -1.38. The molecule has 0 radical (unpaired) electrons. The number of aromatic nitrogens is 4. The number of H-pyrrole nitrogens is 1. The Morgan fingerprint density at radius 2 is 2.24 bits per heavy atom. The van der Waals surface area contributed by atoms with Gasteiger partial charge in [0.25, 0.3) is 5.56 Å².